The summed E-state index contributed by atoms with van der Waals surface area (Å²) in [5, 5.41) is 3.03. The zero-order chi connectivity index (χ0) is 13.3. The molecule has 18 heavy (non-hydrogen) atoms. The van der Waals surface area contributed by atoms with E-state index in [2.05, 4.69) is 21.3 Å². The maximum Gasteiger partial charge on any atom is 0.227 e. The molecule has 98 valence electrons. The van der Waals surface area contributed by atoms with E-state index in [-0.39, 0.29) is 17.4 Å². The number of amides is 1. The fraction of sp³-hybridized carbons (Fsp3) is 0.571. The number of carbonyl (C=O) groups is 1. The molecule has 0 radical (unpaired) electrons. The molecule has 0 bridgehead atoms. The highest BCUT2D eigenvalue weighted by molar-refractivity contribution is 5.82. The lowest BCUT2D eigenvalue weighted by atomic mass is 9.96. The van der Waals surface area contributed by atoms with E-state index in [1.54, 1.807) is 0 Å². The molecule has 2 rings (SSSR count). The Labute approximate surface area is 108 Å². The van der Waals surface area contributed by atoms with Crippen molar-refractivity contribution in [3.05, 3.63) is 24.0 Å². The Morgan fingerprint density at radius 1 is 1.44 bits per heavy atom. The molecule has 0 spiro atoms. The van der Waals surface area contributed by atoms with Crippen LogP contribution in [0.25, 0.3) is 0 Å². The average Bonchev–Trinajstić information content (AvgIpc) is 2.11. The molecule has 1 saturated heterocycles. The van der Waals surface area contributed by atoms with E-state index in [1.165, 1.54) is 0 Å². The van der Waals surface area contributed by atoms with Gasteiger partial charge in [-0.15, -0.1) is 0 Å². The normalized spacial score (nSPS) is 16.3. The predicted molar refractivity (Wildman–Crippen MR) is 72.6 cm³/mol. The molecule has 1 fully saturated rings. The third-order valence-corrected chi connectivity index (χ3v) is 3.00. The Morgan fingerprint density at radius 2 is 2.11 bits per heavy atom. The van der Waals surface area contributed by atoms with Gasteiger partial charge in [0.25, 0.3) is 0 Å². The number of nitrogens with zero attached hydrogens (tertiary/aromatic N) is 2. The zero-order valence-corrected chi connectivity index (χ0v) is 11.5. The number of carbonyl (C=O) groups excluding carboxylic acids is 1. The smallest absolute Gasteiger partial charge is 0.227 e. The summed E-state index contributed by atoms with van der Waals surface area (Å²) in [4.78, 5) is 18.3. The summed E-state index contributed by atoms with van der Waals surface area (Å²) in [5.41, 5.74) is 2.02. The first kappa shape index (κ1) is 12.9. The topological polar surface area (TPSA) is 45.2 Å². The highest BCUT2D eigenvalue weighted by Crippen LogP contribution is 2.25. The minimum atomic E-state index is -0.148. The van der Waals surface area contributed by atoms with E-state index in [9.17, 15) is 4.79 Å². The van der Waals surface area contributed by atoms with Gasteiger partial charge in [-0.3, -0.25) is 9.78 Å². The molecule has 1 amide bonds. The number of hydrogen-bond acceptors (Lipinski definition) is 3. The first-order valence-electron chi connectivity index (χ1n) is 6.35. The molecule has 0 aliphatic carbocycles. The second-order valence-electron chi connectivity index (χ2n) is 6.00. The van der Waals surface area contributed by atoms with Crippen molar-refractivity contribution in [1.82, 2.24) is 10.3 Å². The van der Waals surface area contributed by atoms with Crippen LogP contribution in [0.2, 0.25) is 0 Å². The van der Waals surface area contributed by atoms with Gasteiger partial charge in [-0.25, -0.2) is 0 Å². The molecule has 1 aliphatic rings. The van der Waals surface area contributed by atoms with Gasteiger partial charge in [0.1, 0.15) is 0 Å². The van der Waals surface area contributed by atoms with E-state index in [0.717, 1.165) is 24.5 Å². The van der Waals surface area contributed by atoms with Crippen molar-refractivity contribution in [2.75, 3.05) is 18.0 Å². The fourth-order valence-electron chi connectivity index (χ4n) is 2.05. The van der Waals surface area contributed by atoms with Crippen LogP contribution < -0.4 is 10.2 Å². The Morgan fingerprint density at radius 3 is 2.67 bits per heavy atom. The molecule has 1 aromatic rings. The maximum absolute atomic E-state index is 11.9. The van der Waals surface area contributed by atoms with Crippen LogP contribution in [-0.4, -0.2) is 29.5 Å². The van der Waals surface area contributed by atoms with Gasteiger partial charge in [0.2, 0.25) is 5.91 Å². The summed E-state index contributed by atoms with van der Waals surface area (Å²) >= 11 is 0. The molecule has 4 nitrogen and oxygen atoms in total. The molecular formula is C14H21N3O. The number of hydrogen-bond donors (Lipinski definition) is 1. The van der Waals surface area contributed by atoms with Crippen molar-refractivity contribution < 1.29 is 4.79 Å². The highest BCUT2D eigenvalue weighted by Gasteiger charge is 2.34. The minimum Gasteiger partial charge on any atom is -0.370 e. The fourth-order valence-corrected chi connectivity index (χ4v) is 2.05. The first-order valence-corrected chi connectivity index (χ1v) is 6.35. The first-order chi connectivity index (χ1) is 8.35. The van der Waals surface area contributed by atoms with Crippen LogP contribution in [0, 0.1) is 12.8 Å². The summed E-state index contributed by atoms with van der Waals surface area (Å²) in [7, 11) is 0. The van der Waals surface area contributed by atoms with E-state index in [0.29, 0.717) is 0 Å². The largest absolute Gasteiger partial charge is 0.370 e. The summed E-state index contributed by atoms with van der Waals surface area (Å²) in [6, 6.07) is 4.04. The third-order valence-electron chi connectivity index (χ3n) is 3.00. The number of nitrogens with one attached hydrogen (secondary N) is 1. The monoisotopic (exact) mass is 247 g/mol. The molecule has 4 heteroatoms. The number of aryl methyl sites for hydroxylation is 1. The average molecular weight is 247 g/mol. The molecule has 0 atom stereocenters. The predicted octanol–water partition coefficient (Wildman–Crippen LogP) is 1.74. The van der Waals surface area contributed by atoms with E-state index >= 15 is 0 Å². The van der Waals surface area contributed by atoms with Crippen molar-refractivity contribution in [2.24, 2.45) is 5.92 Å². The molecule has 1 N–H and O–H groups in total. The van der Waals surface area contributed by atoms with E-state index in [4.69, 9.17) is 0 Å². The van der Waals surface area contributed by atoms with Gasteiger partial charge in [0.05, 0.1) is 5.92 Å². The van der Waals surface area contributed by atoms with E-state index in [1.807, 2.05) is 40.0 Å². The second-order valence-corrected chi connectivity index (χ2v) is 6.00. The van der Waals surface area contributed by atoms with E-state index < -0.39 is 0 Å². The second kappa shape index (κ2) is 4.59. The van der Waals surface area contributed by atoms with Crippen LogP contribution in [0.3, 0.4) is 0 Å². The molecule has 0 aromatic carbocycles. The summed E-state index contributed by atoms with van der Waals surface area (Å²) in [6.07, 6.45) is 1.81. The van der Waals surface area contributed by atoms with Gasteiger partial charge in [0, 0.05) is 36.2 Å². The third kappa shape index (κ3) is 3.00. The lowest BCUT2D eigenvalue weighted by molar-refractivity contribution is -0.127. The number of aromatic nitrogens is 1. The van der Waals surface area contributed by atoms with Crippen molar-refractivity contribution in [3.8, 4) is 0 Å². The van der Waals surface area contributed by atoms with Crippen molar-refractivity contribution in [1.29, 1.82) is 0 Å². The molecule has 2 heterocycles. The Bertz CT molecular complexity index is 445. The van der Waals surface area contributed by atoms with Crippen LogP contribution in [-0.2, 0) is 4.79 Å². The van der Waals surface area contributed by atoms with Gasteiger partial charge < -0.3 is 10.2 Å². The van der Waals surface area contributed by atoms with Crippen molar-refractivity contribution >= 4 is 11.6 Å². The maximum atomic E-state index is 11.9. The summed E-state index contributed by atoms with van der Waals surface area (Å²) in [5.74, 6) is 0.266. The Kier molecular flexibility index (Phi) is 3.28. The van der Waals surface area contributed by atoms with Crippen molar-refractivity contribution in [3.63, 3.8) is 0 Å². The van der Waals surface area contributed by atoms with Gasteiger partial charge in [-0.1, -0.05) is 0 Å². The lowest BCUT2D eigenvalue weighted by Gasteiger charge is -2.41. The quantitative estimate of drug-likeness (QED) is 0.866. The minimum absolute atomic E-state index is 0.109. The summed E-state index contributed by atoms with van der Waals surface area (Å²) < 4.78 is 0. The zero-order valence-electron chi connectivity index (χ0n) is 11.5. The summed E-state index contributed by atoms with van der Waals surface area (Å²) in [6.45, 7) is 9.60. The number of anilines is 1. The van der Waals surface area contributed by atoms with Crippen LogP contribution >= 0.6 is 0 Å². The lowest BCUT2D eigenvalue weighted by Crippen LogP contribution is -2.56. The van der Waals surface area contributed by atoms with Gasteiger partial charge >= 0.3 is 0 Å². The number of pyridine rings is 1. The Balaban J connectivity index is 1.89. The molecule has 0 unspecified atom stereocenters. The number of rotatable bonds is 2. The Hall–Kier alpha value is -1.58. The SMILES string of the molecule is Cc1cc(N2CC(C(=O)NC(C)(C)C)C2)ccn1. The van der Waals surface area contributed by atoms with Crippen LogP contribution in [0.1, 0.15) is 26.5 Å². The molecule has 0 saturated carbocycles. The standard InChI is InChI=1S/C14H21N3O/c1-10-7-12(5-6-15-10)17-8-11(9-17)13(18)16-14(2,3)4/h5-7,11H,8-9H2,1-4H3,(H,16,18). The molecule has 1 aliphatic heterocycles. The van der Waals surface area contributed by atoms with Crippen LogP contribution in [0.15, 0.2) is 18.3 Å². The van der Waals surface area contributed by atoms with Crippen LogP contribution in [0.4, 0.5) is 5.69 Å². The highest BCUT2D eigenvalue weighted by atomic mass is 16.2. The van der Waals surface area contributed by atoms with Gasteiger partial charge in [0.15, 0.2) is 0 Å². The van der Waals surface area contributed by atoms with Crippen LogP contribution in [0.5, 0.6) is 0 Å². The molecular weight excluding hydrogens is 226 g/mol. The van der Waals surface area contributed by atoms with Gasteiger partial charge in [-0.05, 0) is 39.8 Å². The van der Waals surface area contributed by atoms with Gasteiger partial charge in [-0.2, -0.15) is 0 Å². The molecule has 1 aromatic heterocycles. The van der Waals surface area contributed by atoms with Crippen molar-refractivity contribution in [2.45, 2.75) is 33.2 Å².